The van der Waals surface area contributed by atoms with Crippen molar-refractivity contribution < 1.29 is 9.47 Å². The highest BCUT2D eigenvalue weighted by Gasteiger charge is 2.31. The standard InChI is InChI=1S/C29H34N6O2/c1-36-26-14-13-25(21-27(26)37-2)28(29-30-31-32-35(29)16-15-23-9-5-3-6-10-23)34-19-17-33(18-20-34)22-24-11-7-4-8-12-24/h3-14,21,28H,15-20,22H2,1-2H3. The molecule has 0 spiro atoms. The van der Waals surface area contributed by atoms with E-state index < -0.39 is 0 Å². The molecule has 37 heavy (non-hydrogen) atoms. The minimum atomic E-state index is -0.0931. The first-order valence-electron chi connectivity index (χ1n) is 12.8. The van der Waals surface area contributed by atoms with Crippen molar-refractivity contribution in [2.45, 2.75) is 25.6 Å². The van der Waals surface area contributed by atoms with Gasteiger partial charge in [-0.25, -0.2) is 4.68 Å². The molecular weight excluding hydrogens is 464 g/mol. The van der Waals surface area contributed by atoms with E-state index in [-0.39, 0.29) is 6.04 Å². The average Bonchev–Trinajstić information content (AvgIpc) is 3.42. The van der Waals surface area contributed by atoms with Crippen LogP contribution in [0, 0.1) is 0 Å². The van der Waals surface area contributed by atoms with Crippen molar-refractivity contribution in [1.82, 2.24) is 30.0 Å². The van der Waals surface area contributed by atoms with Crippen LogP contribution in [0.1, 0.15) is 28.6 Å². The topological polar surface area (TPSA) is 68.5 Å². The fourth-order valence-electron chi connectivity index (χ4n) is 5.01. The first-order chi connectivity index (χ1) is 18.2. The molecule has 0 radical (unpaired) electrons. The van der Waals surface area contributed by atoms with Crippen molar-refractivity contribution in [2.24, 2.45) is 0 Å². The maximum absolute atomic E-state index is 5.64. The van der Waals surface area contributed by atoms with Crippen LogP contribution in [0.2, 0.25) is 0 Å². The van der Waals surface area contributed by atoms with Gasteiger partial charge in [-0.3, -0.25) is 9.80 Å². The number of benzene rings is 3. The molecule has 3 aromatic carbocycles. The Morgan fingerprint density at radius 1 is 0.784 bits per heavy atom. The van der Waals surface area contributed by atoms with Gasteiger partial charge in [0.2, 0.25) is 0 Å². The summed E-state index contributed by atoms with van der Waals surface area (Å²) in [4.78, 5) is 4.99. The molecule has 0 aliphatic carbocycles. The van der Waals surface area contributed by atoms with Gasteiger partial charge in [-0.05, 0) is 45.7 Å². The molecule has 1 aliphatic heterocycles. The Kier molecular flexibility index (Phi) is 8.08. The maximum Gasteiger partial charge on any atom is 0.173 e. The second kappa shape index (κ2) is 12.0. The summed E-state index contributed by atoms with van der Waals surface area (Å²) >= 11 is 0. The molecule has 0 amide bonds. The van der Waals surface area contributed by atoms with Gasteiger partial charge in [-0.1, -0.05) is 66.7 Å². The van der Waals surface area contributed by atoms with Crippen LogP contribution in [0.4, 0.5) is 0 Å². The molecule has 192 valence electrons. The molecule has 2 heterocycles. The Hall–Kier alpha value is -3.75. The zero-order valence-corrected chi connectivity index (χ0v) is 21.5. The first kappa shape index (κ1) is 24.9. The number of hydrogen-bond donors (Lipinski definition) is 0. The number of rotatable bonds is 10. The molecule has 0 saturated carbocycles. The van der Waals surface area contributed by atoms with Crippen molar-refractivity contribution in [1.29, 1.82) is 0 Å². The van der Waals surface area contributed by atoms with Gasteiger partial charge >= 0.3 is 0 Å². The monoisotopic (exact) mass is 498 g/mol. The predicted molar refractivity (Wildman–Crippen MR) is 143 cm³/mol. The van der Waals surface area contributed by atoms with E-state index in [0.29, 0.717) is 18.0 Å². The van der Waals surface area contributed by atoms with Crippen LogP contribution < -0.4 is 9.47 Å². The smallest absolute Gasteiger partial charge is 0.173 e. The normalized spacial score (nSPS) is 15.4. The third-order valence-electron chi connectivity index (χ3n) is 7.00. The van der Waals surface area contributed by atoms with Gasteiger partial charge in [-0.15, -0.1) is 5.10 Å². The molecule has 1 unspecified atom stereocenters. The Bertz CT molecular complexity index is 1260. The summed E-state index contributed by atoms with van der Waals surface area (Å²) in [7, 11) is 3.33. The Morgan fingerprint density at radius 3 is 2.14 bits per heavy atom. The molecule has 0 bridgehead atoms. The summed E-state index contributed by atoms with van der Waals surface area (Å²) in [5.41, 5.74) is 3.70. The molecule has 1 fully saturated rings. The van der Waals surface area contributed by atoms with Gasteiger partial charge in [0.05, 0.1) is 20.3 Å². The van der Waals surface area contributed by atoms with Gasteiger partial charge in [0.15, 0.2) is 17.3 Å². The van der Waals surface area contributed by atoms with Gasteiger partial charge < -0.3 is 9.47 Å². The van der Waals surface area contributed by atoms with Crippen LogP contribution >= 0.6 is 0 Å². The fourth-order valence-corrected chi connectivity index (χ4v) is 5.01. The largest absolute Gasteiger partial charge is 0.493 e. The van der Waals surface area contributed by atoms with Crippen LogP contribution in [-0.2, 0) is 19.5 Å². The van der Waals surface area contributed by atoms with Gasteiger partial charge in [0.1, 0.15) is 0 Å². The summed E-state index contributed by atoms with van der Waals surface area (Å²) < 4.78 is 13.1. The number of hydrogen-bond acceptors (Lipinski definition) is 7. The molecule has 8 nitrogen and oxygen atoms in total. The molecule has 0 N–H and O–H groups in total. The minimum absolute atomic E-state index is 0.0931. The quantitative estimate of drug-likeness (QED) is 0.329. The highest BCUT2D eigenvalue weighted by atomic mass is 16.5. The summed E-state index contributed by atoms with van der Waals surface area (Å²) in [5.74, 6) is 2.26. The molecule has 4 aromatic rings. The third kappa shape index (κ3) is 5.98. The number of piperazine rings is 1. The second-order valence-electron chi connectivity index (χ2n) is 9.31. The van der Waals surface area contributed by atoms with Crippen molar-refractivity contribution in [3.05, 3.63) is 101 Å². The van der Waals surface area contributed by atoms with E-state index in [1.165, 1.54) is 11.1 Å². The van der Waals surface area contributed by atoms with E-state index in [1.54, 1.807) is 14.2 Å². The summed E-state index contributed by atoms with van der Waals surface area (Å²) in [5, 5.41) is 13.0. The van der Waals surface area contributed by atoms with Gasteiger partial charge in [-0.2, -0.15) is 0 Å². The lowest BCUT2D eigenvalue weighted by Crippen LogP contribution is -2.48. The van der Waals surface area contributed by atoms with E-state index in [1.807, 2.05) is 16.8 Å². The van der Waals surface area contributed by atoms with Crippen LogP contribution in [0.15, 0.2) is 78.9 Å². The lowest BCUT2D eigenvalue weighted by molar-refractivity contribution is 0.0999. The second-order valence-corrected chi connectivity index (χ2v) is 9.31. The number of ether oxygens (including phenoxy) is 2. The fraction of sp³-hybridized carbons (Fsp3) is 0.345. The lowest BCUT2D eigenvalue weighted by atomic mass is 10.0. The zero-order chi connectivity index (χ0) is 25.5. The first-order valence-corrected chi connectivity index (χ1v) is 12.8. The van der Waals surface area contributed by atoms with Crippen molar-refractivity contribution in [3.63, 3.8) is 0 Å². The third-order valence-corrected chi connectivity index (χ3v) is 7.00. The molecule has 8 heteroatoms. The van der Waals surface area contributed by atoms with Gasteiger partial charge in [0.25, 0.3) is 0 Å². The molecule has 1 aliphatic rings. The van der Waals surface area contributed by atoms with E-state index in [9.17, 15) is 0 Å². The highest BCUT2D eigenvalue weighted by Crippen LogP contribution is 2.35. The van der Waals surface area contributed by atoms with E-state index in [2.05, 4.69) is 92.1 Å². The Morgan fingerprint density at radius 2 is 1.46 bits per heavy atom. The minimum Gasteiger partial charge on any atom is -0.493 e. The zero-order valence-electron chi connectivity index (χ0n) is 21.5. The molecule has 1 aromatic heterocycles. The average molecular weight is 499 g/mol. The van der Waals surface area contributed by atoms with Crippen molar-refractivity contribution in [3.8, 4) is 11.5 Å². The lowest BCUT2D eigenvalue weighted by Gasteiger charge is -2.39. The number of nitrogens with zero attached hydrogens (tertiary/aromatic N) is 6. The van der Waals surface area contributed by atoms with E-state index in [0.717, 1.165) is 50.5 Å². The predicted octanol–water partition coefficient (Wildman–Crippen LogP) is 3.84. The maximum atomic E-state index is 5.64. The van der Waals surface area contributed by atoms with Crippen LogP contribution in [0.25, 0.3) is 0 Å². The van der Waals surface area contributed by atoms with Crippen LogP contribution in [0.3, 0.4) is 0 Å². The number of aromatic nitrogens is 4. The highest BCUT2D eigenvalue weighted by molar-refractivity contribution is 5.45. The van der Waals surface area contributed by atoms with Crippen molar-refractivity contribution in [2.75, 3.05) is 40.4 Å². The molecular formula is C29H34N6O2. The summed E-state index contributed by atoms with van der Waals surface area (Å²) in [6, 6.07) is 27.1. The SMILES string of the molecule is COc1ccc(C(c2nnnn2CCc2ccccc2)N2CCN(Cc3ccccc3)CC2)cc1OC. The Labute approximate surface area is 218 Å². The van der Waals surface area contributed by atoms with E-state index in [4.69, 9.17) is 9.47 Å². The summed E-state index contributed by atoms with van der Waals surface area (Å²) in [6.07, 6.45) is 0.863. The van der Waals surface area contributed by atoms with Crippen molar-refractivity contribution >= 4 is 0 Å². The van der Waals surface area contributed by atoms with Crippen LogP contribution in [-0.4, -0.2) is 70.4 Å². The number of aryl methyl sites for hydroxylation is 2. The van der Waals surface area contributed by atoms with E-state index >= 15 is 0 Å². The molecule has 5 rings (SSSR count). The number of tetrazole rings is 1. The summed E-state index contributed by atoms with van der Waals surface area (Å²) in [6.45, 7) is 5.46. The molecule has 1 saturated heterocycles. The van der Waals surface area contributed by atoms with Crippen LogP contribution in [0.5, 0.6) is 11.5 Å². The number of methoxy groups -OCH3 is 2. The van der Waals surface area contributed by atoms with Gasteiger partial charge in [0, 0.05) is 39.3 Å². The Balaban J connectivity index is 1.39. The molecule has 1 atom stereocenters.